The summed E-state index contributed by atoms with van der Waals surface area (Å²) >= 11 is 1.53. The number of thioether (sulfide) groups is 1. The van der Waals surface area contributed by atoms with Crippen molar-refractivity contribution in [1.82, 2.24) is 15.1 Å². The molecule has 5 atom stereocenters. The first-order valence-electron chi connectivity index (χ1n) is 8.69. The summed E-state index contributed by atoms with van der Waals surface area (Å²) in [6, 6.07) is -0.250. The zero-order chi connectivity index (χ0) is 18.5. The molecule has 7 nitrogen and oxygen atoms in total. The minimum Gasteiger partial charge on any atom is -0.477 e. The molecule has 0 aromatic rings. The number of carboxylic acid groups (broad SMARTS) is 1. The number of amides is 2. The van der Waals surface area contributed by atoms with E-state index in [-0.39, 0.29) is 46.7 Å². The average molecular weight is 367 g/mol. The van der Waals surface area contributed by atoms with Crippen molar-refractivity contribution in [2.45, 2.75) is 44.0 Å². The first-order valence-corrected chi connectivity index (χ1v) is 9.57. The van der Waals surface area contributed by atoms with Crippen LogP contribution in [0.3, 0.4) is 0 Å². The maximum Gasteiger partial charge on any atom is 0.353 e. The van der Waals surface area contributed by atoms with Crippen molar-refractivity contribution in [3.05, 3.63) is 10.6 Å². The molecular weight excluding hydrogens is 342 g/mol. The van der Waals surface area contributed by atoms with Gasteiger partial charge in [-0.3, -0.25) is 9.59 Å². The van der Waals surface area contributed by atoms with E-state index in [4.69, 9.17) is 0 Å². The predicted octanol–water partition coefficient (Wildman–Crippen LogP) is 0.721. The van der Waals surface area contributed by atoms with Crippen molar-refractivity contribution in [1.29, 1.82) is 0 Å². The molecule has 2 fully saturated rings. The van der Waals surface area contributed by atoms with Crippen molar-refractivity contribution < 1.29 is 19.5 Å². The molecule has 3 heterocycles. The van der Waals surface area contributed by atoms with Gasteiger partial charge >= 0.3 is 5.97 Å². The molecule has 138 valence electrons. The average Bonchev–Trinajstić information content (AvgIpc) is 3.10. The first-order chi connectivity index (χ1) is 11.8. The first kappa shape index (κ1) is 18.3. The maximum atomic E-state index is 12.3. The zero-order valence-corrected chi connectivity index (χ0v) is 15.8. The fraction of sp³-hybridized carbons (Fsp3) is 0.706. The quantitative estimate of drug-likeness (QED) is 0.696. The third-order valence-corrected chi connectivity index (χ3v) is 6.94. The van der Waals surface area contributed by atoms with Crippen LogP contribution in [0, 0.1) is 11.8 Å². The van der Waals surface area contributed by atoms with Gasteiger partial charge in [-0.05, 0) is 12.8 Å². The van der Waals surface area contributed by atoms with Gasteiger partial charge in [0.05, 0.1) is 18.0 Å². The molecule has 0 aliphatic carbocycles. The van der Waals surface area contributed by atoms with Crippen LogP contribution in [0.4, 0.5) is 0 Å². The maximum absolute atomic E-state index is 12.3. The lowest BCUT2D eigenvalue weighted by Gasteiger charge is -2.44. The standard InChI is InChI=1S/C17H25N3O4S/c1-5-10-12-8(2)14(13(17(23)24)20(12)15(10)21)25-9-6-11(18-7-9)16(22)19(3)4/h8-12,18H,5-7H2,1-4H3,(H,23,24)/t8-,9+,10-,11+,12?/m1/s1. The minimum absolute atomic E-state index is 0.0281. The summed E-state index contributed by atoms with van der Waals surface area (Å²) < 4.78 is 0. The SMILES string of the molecule is CC[C@H]1C(=O)N2C(C(=O)O)=C(S[C@@H]3CN[C@H](C(=O)N(C)C)C3)[C@H](C)C12. The van der Waals surface area contributed by atoms with E-state index in [9.17, 15) is 19.5 Å². The van der Waals surface area contributed by atoms with E-state index in [1.807, 2.05) is 13.8 Å². The summed E-state index contributed by atoms with van der Waals surface area (Å²) in [5.74, 6) is -1.11. The highest BCUT2D eigenvalue weighted by Gasteiger charge is 2.58. The van der Waals surface area contributed by atoms with Gasteiger partial charge in [0.15, 0.2) is 0 Å². The Hall–Kier alpha value is -1.54. The summed E-state index contributed by atoms with van der Waals surface area (Å²) in [5, 5.41) is 13.0. The molecule has 8 heteroatoms. The molecule has 3 aliphatic heterocycles. The Labute approximate surface area is 151 Å². The number of nitrogens with one attached hydrogen (secondary N) is 1. The number of hydrogen-bond donors (Lipinski definition) is 2. The largest absolute Gasteiger partial charge is 0.477 e. The highest BCUT2D eigenvalue weighted by Crippen LogP contribution is 2.51. The number of aliphatic carboxylic acids is 1. The van der Waals surface area contributed by atoms with Gasteiger partial charge in [-0.25, -0.2) is 4.79 Å². The van der Waals surface area contributed by atoms with Gasteiger partial charge in [-0.1, -0.05) is 13.8 Å². The van der Waals surface area contributed by atoms with Gasteiger partial charge in [0.2, 0.25) is 11.8 Å². The van der Waals surface area contributed by atoms with Gasteiger partial charge in [0.1, 0.15) is 5.70 Å². The number of β-lactam (4-membered cyclic amide) rings is 1. The van der Waals surface area contributed by atoms with Crippen LogP contribution in [0.1, 0.15) is 26.7 Å². The van der Waals surface area contributed by atoms with Crippen LogP contribution < -0.4 is 5.32 Å². The lowest BCUT2D eigenvalue weighted by Crippen LogP contribution is -2.60. The van der Waals surface area contributed by atoms with E-state index in [0.717, 1.165) is 11.3 Å². The summed E-state index contributed by atoms with van der Waals surface area (Å²) in [4.78, 5) is 40.0. The number of carbonyl (C=O) groups excluding carboxylic acids is 2. The molecule has 0 aromatic carbocycles. The molecule has 0 spiro atoms. The normalized spacial score (nSPS) is 34.2. The number of fused-ring (bicyclic) bond motifs is 1. The number of likely N-dealkylation sites (N-methyl/N-ethyl adjacent to an activating group) is 1. The van der Waals surface area contributed by atoms with Gasteiger partial charge in [0, 0.05) is 36.7 Å². The lowest BCUT2D eigenvalue weighted by molar-refractivity contribution is -0.156. The molecule has 0 radical (unpaired) electrons. The van der Waals surface area contributed by atoms with Crippen molar-refractivity contribution in [2.75, 3.05) is 20.6 Å². The van der Waals surface area contributed by atoms with Crippen molar-refractivity contribution in [3.63, 3.8) is 0 Å². The summed E-state index contributed by atoms with van der Waals surface area (Å²) in [6.07, 6.45) is 1.40. The van der Waals surface area contributed by atoms with Crippen molar-refractivity contribution in [2.24, 2.45) is 11.8 Å². The Morgan fingerprint density at radius 2 is 2.08 bits per heavy atom. The third kappa shape index (κ3) is 2.85. The Bertz CT molecular complexity index is 648. The third-order valence-electron chi connectivity index (χ3n) is 5.43. The molecule has 3 aliphatic rings. The van der Waals surface area contributed by atoms with Gasteiger partial charge < -0.3 is 20.2 Å². The Morgan fingerprint density at radius 3 is 2.64 bits per heavy atom. The summed E-state index contributed by atoms with van der Waals surface area (Å²) in [7, 11) is 3.46. The van der Waals surface area contributed by atoms with E-state index < -0.39 is 5.97 Å². The molecule has 2 saturated heterocycles. The molecule has 3 rings (SSSR count). The van der Waals surface area contributed by atoms with Gasteiger partial charge in [0.25, 0.3) is 0 Å². The Kier molecular flexibility index (Phi) is 4.85. The highest BCUT2D eigenvalue weighted by atomic mass is 32.2. The lowest BCUT2D eigenvalue weighted by atomic mass is 9.81. The summed E-state index contributed by atoms with van der Waals surface area (Å²) in [6.45, 7) is 4.64. The van der Waals surface area contributed by atoms with Gasteiger partial charge in [-0.15, -0.1) is 11.8 Å². The van der Waals surface area contributed by atoms with Crippen LogP contribution in [-0.2, 0) is 14.4 Å². The van der Waals surface area contributed by atoms with Crippen LogP contribution in [0.2, 0.25) is 0 Å². The predicted molar refractivity (Wildman–Crippen MR) is 94.7 cm³/mol. The Morgan fingerprint density at radius 1 is 1.40 bits per heavy atom. The van der Waals surface area contributed by atoms with E-state index >= 15 is 0 Å². The molecular formula is C17H25N3O4S. The van der Waals surface area contributed by atoms with Crippen molar-refractivity contribution in [3.8, 4) is 0 Å². The molecule has 2 amide bonds. The monoisotopic (exact) mass is 367 g/mol. The number of carbonyl (C=O) groups is 3. The topological polar surface area (TPSA) is 90.0 Å². The number of rotatable bonds is 5. The van der Waals surface area contributed by atoms with Crippen LogP contribution in [0.25, 0.3) is 0 Å². The van der Waals surface area contributed by atoms with Crippen LogP contribution in [0.5, 0.6) is 0 Å². The fourth-order valence-electron chi connectivity index (χ4n) is 4.15. The van der Waals surface area contributed by atoms with E-state index in [0.29, 0.717) is 13.0 Å². The molecule has 0 saturated carbocycles. The van der Waals surface area contributed by atoms with E-state index in [1.54, 1.807) is 19.0 Å². The van der Waals surface area contributed by atoms with E-state index in [2.05, 4.69) is 5.32 Å². The number of nitrogens with zero attached hydrogens (tertiary/aromatic N) is 2. The second-order valence-corrected chi connectivity index (χ2v) is 8.53. The molecule has 0 bridgehead atoms. The minimum atomic E-state index is -1.04. The summed E-state index contributed by atoms with van der Waals surface area (Å²) in [5.41, 5.74) is 0.152. The number of hydrogen-bond acceptors (Lipinski definition) is 5. The second-order valence-electron chi connectivity index (χ2n) is 7.19. The molecule has 1 unspecified atom stereocenters. The van der Waals surface area contributed by atoms with E-state index in [1.165, 1.54) is 16.7 Å². The fourth-order valence-corrected chi connectivity index (χ4v) is 5.63. The molecule has 25 heavy (non-hydrogen) atoms. The highest BCUT2D eigenvalue weighted by molar-refractivity contribution is 8.03. The van der Waals surface area contributed by atoms with Crippen LogP contribution >= 0.6 is 11.8 Å². The zero-order valence-electron chi connectivity index (χ0n) is 15.0. The Balaban J connectivity index is 1.77. The number of carboxylic acids is 1. The smallest absolute Gasteiger partial charge is 0.353 e. The van der Waals surface area contributed by atoms with Crippen molar-refractivity contribution >= 4 is 29.5 Å². The second kappa shape index (κ2) is 6.64. The van der Waals surface area contributed by atoms with Crippen LogP contribution in [-0.4, -0.2) is 70.7 Å². The molecule has 0 aromatic heterocycles. The molecule has 2 N–H and O–H groups in total. The van der Waals surface area contributed by atoms with Gasteiger partial charge in [-0.2, -0.15) is 0 Å². The van der Waals surface area contributed by atoms with Crippen LogP contribution in [0.15, 0.2) is 10.6 Å².